The number of ether oxygens (including phenoxy) is 1. The second-order valence-corrected chi connectivity index (χ2v) is 7.63. The van der Waals surface area contributed by atoms with E-state index in [0.717, 1.165) is 36.4 Å². The van der Waals surface area contributed by atoms with Crippen molar-refractivity contribution in [3.05, 3.63) is 51.7 Å². The number of anilines is 1. The summed E-state index contributed by atoms with van der Waals surface area (Å²) in [7, 11) is 1.61. The first kappa shape index (κ1) is 17.9. The topological polar surface area (TPSA) is 73.1 Å². The van der Waals surface area contributed by atoms with Gasteiger partial charge in [0.05, 0.1) is 28.8 Å². The molecule has 3 heterocycles. The molecule has 1 aliphatic rings. The van der Waals surface area contributed by atoms with Crippen LogP contribution >= 0.6 is 15.9 Å². The van der Waals surface area contributed by atoms with Gasteiger partial charge in [0, 0.05) is 38.1 Å². The Morgan fingerprint density at radius 2 is 1.93 bits per heavy atom. The lowest BCUT2D eigenvalue weighted by Crippen LogP contribution is -2.37. The van der Waals surface area contributed by atoms with Gasteiger partial charge in [0.1, 0.15) is 5.75 Å². The van der Waals surface area contributed by atoms with E-state index in [4.69, 9.17) is 4.74 Å². The SMILES string of the molecule is COc1ccc2c(=O)n(CC3CCN(c4ncc(Br)cn4)CC3)cnc2c1. The maximum Gasteiger partial charge on any atom is 0.261 e. The zero-order valence-corrected chi connectivity index (χ0v) is 16.6. The molecule has 1 aliphatic heterocycles. The Kier molecular flexibility index (Phi) is 5.07. The number of methoxy groups -OCH3 is 1. The minimum Gasteiger partial charge on any atom is -0.497 e. The van der Waals surface area contributed by atoms with E-state index in [1.165, 1.54) is 0 Å². The van der Waals surface area contributed by atoms with Gasteiger partial charge in [-0.1, -0.05) is 0 Å². The van der Waals surface area contributed by atoms with Crippen molar-refractivity contribution < 1.29 is 4.74 Å². The molecular formula is C19H20BrN5O2. The number of hydrogen-bond acceptors (Lipinski definition) is 6. The molecule has 140 valence electrons. The fourth-order valence-corrected chi connectivity index (χ4v) is 3.66. The summed E-state index contributed by atoms with van der Waals surface area (Å²) < 4.78 is 7.80. The van der Waals surface area contributed by atoms with Crippen LogP contribution in [0.5, 0.6) is 5.75 Å². The van der Waals surface area contributed by atoms with Crippen molar-refractivity contribution in [1.29, 1.82) is 0 Å². The molecule has 0 bridgehead atoms. The van der Waals surface area contributed by atoms with Gasteiger partial charge in [-0.2, -0.15) is 0 Å². The molecule has 0 atom stereocenters. The van der Waals surface area contributed by atoms with Crippen LogP contribution in [0, 0.1) is 5.92 Å². The van der Waals surface area contributed by atoms with Crippen LogP contribution in [-0.2, 0) is 6.54 Å². The molecule has 0 N–H and O–H groups in total. The standard InChI is InChI=1S/C19H20BrN5O2/c1-27-15-2-3-16-17(8-15)23-12-25(18(16)26)11-13-4-6-24(7-5-13)19-21-9-14(20)10-22-19/h2-3,8-10,12-13H,4-7,11H2,1H3. The van der Waals surface area contributed by atoms with Gasteiger partial charge in [0.2, 0.25) is 5.95 Å². The molecule has 2 aromatic heterocycles. The highest BCUT2D eigenvalue weighted by molar-refractivity contribution is 9.10. The molecule has 0 radical (unpaired) electrons. The fourth-order valence-electron chi connectivity index (χ4n) is 3.46. The van der Waals surface area contributed by atoms with Crippen molar-refractivity contribution in [2.75, 3.05) is 25.1 Å². The van der Waals surface area contributed by atoms with E-state index in [9.17, 15) is 4.79 Å². The van der Waals surface area contributed by atoms with Crippen molar-refractivity contribution in [3.8, 4) is 5.75 Å². The predicted molar refractivity (Wildman–Crippen MR) is 107 cm³/mol. The monoisotopic (exact) mass is 429 g/mol. The third kappa shape index (κ3) is 3.80. The lowest BCUT2D eigenvalue weighted by Gasteiger charge is -2.32. The maximum absolute atomic E-state index is 12.8. The zero-order chi connectivity index (χ0) is 18.8. The number of benzene rings is 1. The average molecular weight is 430 g/mol. The van der Waals surface area contributed by atoms with E-state index in [1.807, 2.05) is 0 Å². The molecule has 0 aliphatic carbocycles. The lowest BCUT2D eigenvalue weighted by atomic mass is 9.97. The van der Waals surface area contributed by atoms with Gasteiger partial charge in [-0.15, -0.1) is 0 Å². The Morgan fingerprint density at radius 1 is 1.19 bits per heavy atom. The Labute approximate surface area is 165 Å². The van der Waals surface area contributed by atoms with Crippen LogP contribution in [0.1, 0.15) is 12.8 Å². The number of fused-ring (bicyclic) bond motifs is 1. The summed E-state index contributed by atoms with van der Waals surface area (Å²) in [5.74, 6) is 1.90. The molecular weight excluding hydrogens is 410 g/mol. The number of halogens is 1. The van der Waals surface area contributed by atoms with Crippen LogP contribution in [-0.4, -0.2) is 39.7 Å². The number of nitrogens with zero attached hydrogens (tertiary/aromatic N) is 5. The third-order valence-corrected chi connectivity index (χ3v) is 5.40. The Bertz CT molecular complexity index is 997. The highest BCUT2D eigenvalue weighted by atomic mass is 79.9. The maximum atomic E-state index is 12.8. The van der Waals surface area contributed by atoms with Crippen LogP contribution in [0.25, 0.3) is 10.9 Å². The van der Waals surface area contributed by atoms with E-state index >= 15 is 0 Å². The van der Waals surface area contributed by atoms with Gasteiger partial charge >= 0.3 is 0 Å². The molecule has 8 heteroatoms. The van der Waals surface area contributed by atoms with Crippen molar-refractivity contribution in [2.45, 2.75) is 19.4 Å². The molecule has 27 heavy (non-hydrogen) atoms. The van der Waals surface area contributed by atoms with Gasteiger partial charge < -0.3 is 9.64 Å². The Morgan fingerprint density at radius 3 is 2.63 bits per heavy atom. The molecule has 1 fully saturated rings. The first-order valence-electron chi connectivity index (χ1n) is 8.90. The number of piperidine rings is 1. The molecule has 0 amide bonds. The summed E-state index contributed by atoms with van der Waals surface area (Å²) in [4.78, 5) is 28.1. The zero-order valence-electron chi connectivity index (χ0n) is 15.0. The molecule has 3 aromatic rings. The van der Waals surface area contributed by atoms with E-state index in [0.29, 0.717) is 29.1 Å². The second-order valence-electron chi connectivity index (χ2n) is 6.72. The van der Waals surface area contributed by atoms with Crippen molar-refractivity contribution in [3.63, 3.8) is 0 Å². The summed E-state index contributed by atoms with van der Waals surface area (Å²) in [6.45, 7) is 2.46. The van der Waals surface area contributed by atoms with Crippen LogP contribution in [0.15, 0.2) is 46.2 Å². The van der Waals surface area contributed by atoms with Gasteiger partial charge in [0.25, 0.3) is 5.56 Å². The third-order valence-electron chi connectivity index (χ3n) is 4.99. The van der Waals surface area contributed by atoms with Gasteiger partial charge in [-0.3, -0.25) is 9.36 Å². The fraction of sp³-hybridized carbons (Fsp3) is 0.368. The predicted octanol–water partition coefficient (Wildman–Crippen LogP) is 2.87. The first-order valence-corrected chi connectivity index (χ1v) is 9.69. The van der Waals surface area contributed by atoms with Crippen LogP contribution < -0.4 is 15.2 Å². The first-order chi connectivity index (χ1) is 13.1. The van der Waals surface area contributed by atoms with Crippen molar-refractivity contribution in [2.24, 2.45) is 5.92 Å². The van der Waals surface area contributed by atoms with Crippen molar-refractivity contribution >= 4 is 32.8 Å². The van der Waals surface area contributed by atoms with Gasteiger partial charge in [-0.25, -0.2) is 15.0 Å². The molecule has 4 rings (SSSR count). The largest absolute Gasteiger partial charge is 0.497 e. The number of aromatic nitrogens is 4. The van der Waals surface area contributed by atoms with Crippen LogP contribution in [0.3, 0.4) is 0 Å². The molecule has 1 aromatic carbocycles. The van der Waals surface area contributed by atoms with E-state index in [1.54, 1.807) is 48.6 Å². The summed E-state index contributed by atoms with van der Waals surface area (Å²) in [5.41, 5.74) is 0.666. The smallest absolute Gasteiger partial charge is 0.261 e. The normalized spacial score (nSPS) is 15.3. The van der Waals surface area contributed by atoms with E-state index in [-0.39, 0.29) is 5.56 Å². The summed E-state index contributed by atoms with van der Waals surface area (Å²) in [5, 5.41) is 0.624. The quantitative estimate of drug-likeness (QED) is 0.634. The van der Waals surface area contributed by atoms with Crippen molar-refractivity contribution in [1.82, 2.24) is 19.5 Å². The van der Waals surface area contributed by atoms with Crippen LogP contribution in [0.2, 0.25) is 0 Å². The van der Waals surface area contributed by atoms with Gasteiger partial charge in [0.15, 0.2) is 0 Å². The summed E-state index contributed by atoms with van der Waals surface area (Å²) in [6.07, 6.45) is 7.17. The molecule has 0 spiro atoms. The minimum absolute atomic E-state index is 0.00123. The van der Waals surface area contributed by atoms with E-state index < -0.39 is 0 Å². The molecule has 0 saturated carbocycles. The van der Waals surface area contributed by atoms with E-state index in [2.05, 4.69) is 35.8 Å². The number of hydrogen-bond donors (Lipinski definition) is 0. The lowest BCUT2D eigenvalue weighted by molar-refractivity contribution is 0.350. The molecule has 1 saturated heterocycles. The molecule has 0 unspecified atom stereocenters. The summed E-state index contributed by atoms with van der Waals surface area (Å²) in [6, 6.07) is 5.37. The number of rotatable bonds is 4. The average Bonchev–Trinajstić information content (AvgIpc) is 2.71. The highest BCUT2D eigenvalue weighted by Crippen LogP contribution is 2.22. The minimum atomic E-state index is 0.00123. The van der Waals surface area contributed by atoms with Gasteiger partial charge in [-0.05, 0) is 46.8 Å². The highest BCUT2D eigenvalue weighted by Gasteiger charge is 2.22. The Hall–Kier alpha value is -2.48. The Balaban J connectivity index is 1.45. The molecule has 7 nitrogen and oxygen atoms in total. The second kappa shape index (κ2) is 7.64. The summed E-state index contributed by atoms with van der Waals surface area (Å²) >= 11 is 3.36. The van der Waals surface area contributed by atoms with Crippen LogP contribution in [0.4, 0.5) is 5.95 Å².